The monoisotopic (exact) mass is 485 g/mol. The van der Waals surface area contributed by atoms with E-state index in [1.807, 2.05) is 6.07 Å². The summed E-state index contributed by atoms with van der Waals surface area (Å²) < 4.78 is 42.2. The van der Waals surface area contributed by atoms with Gasteiger partial charge in [0, 0.05) is 25.1 Å². The average Bonchev–Trinajstić information content (AvgIpc) is 3.21. The normalized spacial score (nSPS) is 16.0. The number of fused-ring (bicyclic) bond motifs is 1. The van der Waals surface area contributed by atoms with Crippen LogP contribution in [0, 0.1) is 11.3 Å². The fourth-order valence-electron chi connectivity index (χ4n) is 4.38. The summed E-state index contributed by atoms with van der Waals surface area (Å²) in [6.45, 7) is 5.34. The van der Waals surface area contributed by atoms with Gasteiger partial charge in [0.15, 0.2) is 5.82 Å². The number of nitrogens with zero attached hydrogens (tertiary/aromatic N) is 6. The standard InChI is InChI=1S/C23H22F3N7O2/c1-4-18(34)32-8-7-31(21(35)22(32,2)3)16-9-13(5-6-14(16)11-27)17-10-15(23(24,25)26)19-20(28)29-12-30-33(17)19/h5-6,9-10,12H,4,7-8H2,1-3H3,(H2,28,29,30). The molecule has 3 heterocycles. The number of hydrogen-bond acceptors (Lipinski definition) is 6. The summed E-state index contributed by atoms with van der Waals surface area (Å²) in [5.74, 6) is -0.906. The molecule has 0 saturated carbocycles. The highest BCUT2D eigenvalue weighted by Crippen LogP contribution is 2.40. The van der Waals surface area contributed by atoms with E-state index in [2.05, 4.69) is 10.1 Å². The Hall–Kier alpha value is -4.14. The molecule has 0 aliphatic carbocycles. The molecule has 1 aliphatic rings. The number of amides is 2. The van der Waals surface area contributed by atoms with Crippen LogP contribution in [-0.2, 0) is 15.8 Å². The van der Waals surface area contributed by atoms with E-state index in [9.17, 15) is 28.0 Å². The fourth-order valence-corrected chi connectivity index (χ4v) is 4.38. The first-order valence-corrected chi connectivity index (χ1v) is 10.8. The summed E-state index contributed by atoms with van der Waals surface area (Å²) in [5.41, 5.74) is 3.94. The second-order valence-electron chi connectivity index (χ2n) is 8.61. The van der Waals surface area contributed by atoms with E-state index in [1.54, 1.807) is 20.8 Å². The van der Waals surface area contributed by atoms with Gasteiger partial charge in [-0.3, -0.25) is 9.59 Å². The van der Waals surface area contributed by atoms with Crippen LogP contribution in [0.4, 0.5) is 24.7 Å². The molecule has 0 radical (unpaired) electrons. The number of alkyl halides is 3. The molecular formula is C23H22F3N7O2. The van der Waals surface area contributed by atoms with Crippen LogP contribution in [0.1, 0.15) is 38.3 Å². The van der Waals surface area contributed by atoms with Crippen LogP contribution in [0.25, 0.3) is 16.8 Å². The lowest BCUT2D eigenvalue weighted by Gasteiger charge is -2.46. The molecule has 4 rings (SSSR count). The molecule has 0 bridgehead atoms. The van der Waals surface area contributed by atoms with Crippen LogP contribution >= 0.6 is 0 Å². The van der Waals surface area contributed by atoms with Crippen molar-refractivity contribution < 1.29 is 22.8 Å². The van der Waals surface area contributed by atoms with Gasteiger partial charge in [0.1, 0.15) is 23.5 Å². The van der Waals surface area contributed by atoms with Gasteiger partial charge >= 0.3 is 6.18 Å². The summed E-state index contributed by atoms with van der Waals surface area (Å²) in [5, 5.41) is 13.6. The van der Waals surface area contributed by atoms with Crippen molar-refractivity contribution in [2.45, 2.75) is 38.9 Å². The molecule has 9 nitrogen and oxygen atoms in total. The third-order valence-electron chi connectivity index (χ3n) is 6.19. The maximum absolute atomic E-state index is 13.7. The minimum absolute atomic E-state index is 0.0682. The number of benzene rings is 1. The van der Waals surface area contributed by atoms with Crippen molar-refractivity contribution in [3.05, 3.63) is 41.7 Å². The smallest absolute Gasteiger partial charge is 0.382 e. The molecule has 1 aliphatic heterocycles. The van der Waals surface area contributed by atoms with Crippen molar-refractivity contribution in [1.82, 2.24) is 19.5 Å². The molecule has 0 atom stereocenters. The average molecular weight is 485 g/mol. The highest BCUT2D eigenvalue weighted by Gasteiger charge is 2.44. The Labute approximate surface area is 198 Å². The topological polar surface area (TPSA) is 121 Å². The lowest BCUT2D eigenvalue weighted by Crippen LogP contribution is -2.64. The van der Waals surface area contributed by atoms with E-state index in [-0.39, 0.29) is 53.7 Å². The first-order chi connectivity index (χ1) is 16.4. The Morgan fingerprint density at radius 1 is 1.26 bits per heavy atom. The number of nitriles is 1. The van der Waals surface area contributed by atoms with Gasteiger partial charge in [0.05, 0.1) is 22.5 Å². The molecule has 3 aromatic rings. The predicted molar refractivity (Wildman–Crippen MR) is 121 cm³/mol. The third kappa shape index (κ3) is 3.82. The summed E-state index contributed by atoms with van der Waals surface area (Å²) in [6, 6.07) is 7.34. The van der Waals surface area contributed by atoms with E-state index < -0.39 is 23.2 Å². The number of hydrogen-bond donors (Lipinski definition) is 1. The predicted octanol–water partition coefficient (Wildman–Crippen LogP) is 3.23. The van der Waals surface area contributed by atoms with Crippen LogP contribution in [-0.4, -0.2) is 49.9 Å². The zero-order valence-corrected chi connectivity index (χ0v) is 19.2. The van der Waals surface area contributed by atoms with Crippen molar-refractivity contribution in [1.29, 1.82) is 5.26 Å². The lowest BCUT2D eigenvalue weighted by atomic mass is 9.95. The third-order valence-corrected chi connectivity index (χ3v) is 6.19. The Morgan fingerprint density at radius 2 is 1.97 bits per heavy atom. The fraction of sp³-hybridized carbons (Fsp3) is 0.348. The zero-order chi connectivity index (χ0) is 25.7. The lowest BCUT2D eigenvalue weighted by molar-refractivity contribution is -0.146. The molecule has 0 unspecified atom stereocenters. The molecule has 182 valence electrons. The SMILES string of the molecule is CCC(=O)N1CCN(c2cc(-c3cc(C(F)(F)F)c4c(N)ncnn34)ccc2C#N)C(=O)C1(C)C. The molecule has 35 heavy (non-hydrogen) atoms. The van der Waals surface area contributed by atoms with E-state index in [0.717, 1.165) is 16.9 Å². The van der Waals surface area contributed by atoms with Crippen molar-refractivity contribution in [2.24, 2.45) is 0 Å². The maximum atomic E-state index is 13.7. The number of carbonyl (C=O) groups is 2. The van der Waals surface area contributed by atoms with E-state index in [0.29, 0.717) is 5.56 Å². The van der Waals surface area contributed by atoms with Crippen LogP contribution < -0.4 is 10.6 Å². The van der Waals surface area contributed by atoms with E-state index in [4.69, 9.17) is 5.73 Å². The second kappa shape index (κ2) is 8.26. The highest BCUT2D eigenvalue weighted by molar-refractivity contribution is 6.04. The van der Waals surface area contributed by atoms with Gasteiger partial charge in [0.2, 0.25) is 5.91 Å². The molecule has 2 amide bonds. The van der Waals surface area contributed by atoms with Gasteiger partial charge in [0.25, 0.3) is 5.91 Å². The van der Waals surface area contributed by atoms with Crippen LogP contribution in [0.2, 0.25) is 0 Å². The van der Waals surface area contributed by atoms with Crippen molar-refractivity contribution >= 4 is 28.8 Å². The Balaban J connectivity index is 1.86. The number of piperazine rings is 1. The summed E-state index contributed by atoms with van der Waals surface area (Å²) in [4.78, 5) is 32.3. The van der Waals surface area contributed by atoms with Crippen molar-refractivity contribution in [3.63, 3.8) is 0 Å². The van der Waals surface area contributed by atoms with Gasteiger partial charge in [-0.05, 0) is 32.0 Å². The number of halogens is 3. The molecule has 1 fully saturated rings. The van der Waals surface area contributed by atoms with E-state index in [1.165, 1.54) is 28.0 Å². The van der Waals surface area contributed by atoms with Crippen LogP contribution in [0.5, 0.6) is 0 Å². The quantitative estimate of drug-likeness (QED) is 0.608. The number of anilines is 2. The number of nitrogens with two attached hydrogens (primary N) is 1. The number of nitrogen functional groups attached to an aromatic ring is 1. The Morgan fingerprint density at radius 3 is 2.60 bits per heavy atom. The number of aromatic nitrogens is 3. The molecule has 12 heteroatoms. The first-order valence-electron chi connectivity index (χ1n) is 10.8. The van der Waals surface area contributed by atoms with Gasteiger partial charge in [-0.25, -0.2) is 9.50 Å². The Kier molecular flexibility index (Phi) is 5.67. The zero-order valence-electron chi connectivity index (χ0n) is 19.2. The number of carbonyl (C=O) groups excluding carboxylic acids is 2. The van der Waals surface area contributed by atoms with Gasteiger partial charge in [-0.1, -0.05) is 13.0 Å². The number of rotatable bonds is 3. The van der Waals surface area contributed by atoms with Gasteiger partial charge < -0.3 is 15.5 Å². The Bertz CT molecular complexity index is 1390. The summed E-state index contributed by atoms with van der Waals surface area (Å²) >= 11 is 0. The minimum Gasteiger partial charge on any atom is -0.382 e. The molecule has 2 N–H and O–H groups in total. The largest absolute Gasteiger partial charge is 0.418 e. The maximum Gasteiger partial charge on any atom is 0.418 e. The van der Waals surface area contributed by atoms with Crippen LogP contribution in [0.15, 0.2) is 30.6 Å². The van der Waals surface area contributed by atoms with Crippen molar-refractivity contribution in [3.8, 4) is 17.3 Å². The van der Waals surface area contributed by atoms with Gasteiger partial charge in [-0.2, -0.15) is 23.5 Å². The summed E-state index contributed by atoms with van der Waals surface area (Å²) in [7, 11) is 0. The summed E-state index contributed by atoms with van der Waals surface area (Å²) in [6.07, 6.45) is -3.42. The molecule has 1 saturated heterocycles. The van der Waals surface area contributed by atoms with Crippen LogP contribution in [0.3, 0.4) is 0 Å². The molecule has 1 aromatic carbocycles. The van der Waals surface area contributed by atoms with Crippen molar-refractivity contribution in [2.75, 3.05) is 23.7 Å². The minimum atomic E-state index is -4.71. The first kappa shape index (κ1) is 24.0. The van der Waals surface area contributed by atoms with Gasteiger partial charge in [-0.15, -0.1) is 0 Å². The second-order valence-corrected chi connectivity index (χ2v) is 8.61. The molecule has 0 spiro atoms. The van der Waals surface area contributed by atoms with E-state index >= 15 is 0 Å². The molecule has 2 aromatic heterocycles. The highest BCUT2D eigenvalue weighted by atomic mass is 19.4. The molecular weight excluding hydrogens is 463 g/mol.